The van der Waals surface area contributed by atoms with Crippen molar-refractivity contribution in [3.05, 3.63) is 0 Å². The second-order valence-corrected chi connectivity index (χ2v) is 3.75. The lowest BCUT2D eigenvalue weighted by Gasteiger charge is -2.08. The minimum absolute atomic E-state index is 0.292. The fourth-order valence-corrected chi connectivity index (χ4v) is 0.715. The molecule has 2 nitrogen and oxygen atoms in total. The number of halogens is 1. The molecule has 0 heterocycles. The highest BCUT2D eigenvalue weighted by Gasteiger charge is 2.13. The predicted octanol–water partition coefficient (Wildman–Crippen LogP) is 2.59. The van der Waals surface area contributed by atoms with Gasteiger partial charge in [0.15, 0.2) is 0 Å². The zero-order chi connectivity index (χ0) is 9.56. The van der Waals surface area contributed by atoms with Crippen LogP contribution in [0.5, 0.6) is 0 Å². The fraction of sp³-hybridized carbons (Fsp3) is 0.889. The van der Waals surface area contributed by atoms with E-state index in [2.05, 4.69) is 13.8 Å². The lowest BCUT2D eigenvalue weighted by molar-refractivity contribution is -0.143. The molecular weight excluding hydrogens is 176 g/mol. The summed E-state index contributed by atoms with van der Waals surface area (Å²) in [6, 6.07) is 0. The van der Waals surface area contributed by atoms with Crippen LogP contribution in [0.15, 0.2) is 0 Å². The van der Waals surface area contributed by atoms with Crippen molar-refractivity contribution in [2.45, 2.75) is 39.0 Å². The van der Waals surface area contributed by atoms with Gasteiger partial charge in [0.1, 0.15) is 5.38 Å². The molecule has 0 rings (SSSR count). The van der Waals surface area contributed by atoms with Gasteiger partial charge in [0.2, 0.25) is 0 Å². The number of rotatable bonds is 5. The van der Waals surface area contributed by atoms with Crippen LogP contribution in [-0.4, -0.2) is 18.0 Å². The van der Waals surface area contributed by atoms with E-state index in [9.17, 15) is 4.79 Å². The van der Waals surface area contributed by atoms with E-state index in [-0.39, 0.29) is 5.97 Å². The molecule has 0 saturated heterocycles. The Morgan fingerprint density at radius 2 is 2.08 bits per heavy atom. The van der Waals surface area contributed by atoms with Crippen LogP contribution < -0.4 is 0 Å². The molecule has 0 fully saturated rings. The van der Waals surface area contributed by atoms with E-state index in [1.165, 1.54) is 0 Å². The lowest BCUT2D eigenvalue weighted by atomic mass is 10.1. The molecule has 1 unspecified atom stereocenters. The molecule has 1 atom stereocenters. The first-order valence-corrected chi connectivity index (χ1v) is 4.82. The molecule has 0 aliphatic heterocycles. The molecule has 3 heteroatoms. The van der Waals surface area contributed by atoms with E-state index < -0.39 is 5.38 Å². The van der Waals surface area contributed by atoms with Crippen molar-refractivity contribution in [1.29, 1.82) is 0 Å². The summed E-state index contributed by atoms with van der Waals surface area (Å²) in [5.74, 6) is 0.271. The van der Waals surface area contributed by atoms with Gasteiger partial charge in [-0.25, -0.2) is 0 Å². The van der Waals surface area contributed by atoms with Crippen LogP contribution in [0.25, 0.3) is 0 Å². The van der Waals surface area contributed by atoms with Crippen molar-refractivity contribution >= 4 is 17.6 Å². The van der Waals surface area contributed by atoms with Crippen LogP contribution in [0.2, 0.25) is 0 Å². The SMILES string of the molecule is CCC(Cl)C(=O)OCCC(C)C. The summed E-state index contributed by atoms with van der Waals surface area (Å²) in [5.41, 5.74) is 0. The van der Waals surface area contributed by atoms with E-state index >= 15 is 0 Å². The first kappa shape index (κ1) is 11.8. The number of carbonyl (C=O) groups is 1. The Morgan fingerprint density at radius 3 is 2.50 bits per heavy atom. The van der Waals surface area contributed by atoms with Crippen molar-refractivity contribution in [2.24, 2.45) is 5.92 Å². The van der Waals surface area contributed by atoms with E-state index in [4.69, 9.17) is 16.3 Å². The number of carbonyl (C=O) groups excluding carboxylic acids is 1. The Bertz CT molecular complexity index is 134. The second kappa shape index (κ2) is 6.30. The average molecular weight is 193 g/mol. The number of hydrogen-bond acceptors (Lipinski definition) is 2. The third-order valence-corrected chi connectivity index (χ3v) is 2.04. The summed E-state index contributed by atoms with van der Waals surface area (Å²) in [6.45, 7) is 6.53. The van der Waals surface area contributed by atoms with Crippen LogP contribution in [0.1, 0.15) is 33.6 Å². The normalized spacial score (nSPS) is 13.1. The Labute approximate surface area is 79.2 Å². The summed E-state index contributed by atoms with van der Waals surface area (Å²) in [6.07, 6.45) is 1.53. The molecule has 0 aliphatic rings. The molecule has 0 aromatic heterocycles. The van der Waals surface area contributed by atoms with Crippen molar-refractivity contribution in [1.82, 2.24) is 0 Å². The maximum Gasteiger partial charge on any atom is 0.324 e. The molecule has 0 bridgehead atoms. The van der Waals surface area contributed by atoms with Gasteiger partial charge in [0.25, 0.3) is 0 Å². The van der Waals surface area contributed by atoms with Gasteiger partial charge in [-0.2, -0.15) is 0 Å². The van der Waals surface area contributed by atoms with Crippen molar-refractivity contribution in [3.8, 4) is 0 Å². The van der Waals surface area contributed by atoms with Gasteiger partial charge < -0.3 is 4.74 Å². The third kappa shape index (κ3) is 5.42. The highest BCUT2D eigenvalue weighted by molar-refractivity contribution is 6.29. The quantitative estimate of drug-likeness (QED) is 0.495. The average Bonchev–Trinajstić information content (AvgIpc) is 2.02. The summed E-state index contributed by atoms with van der Waals surface area (Å²) in [5, 5.41) is -0.475. The molecule has 0 radical (unpaired) electrons. The van der Waals surface area contributed by atoms with E-state index in [0.717, 1.165) is 6.42 Å². The van der Waals surface area contributed by atoms with Gasteiger partial charge in [0, 0.05) is 0 Å². The second-order valence-electron chi connectivity index (χ2n) is 3.23. The minimum Gasteiger partial charge on any atom is -0.465 e. The molecule has 0 spiro atoms. The monoisotopic (exact) mass is 192 g/mol. The van der Waals surface area contributed by atoms with Gasteiger partial charge in [-0.15, -0.1) is 11.6 Å². The van der Waals surface area contributed by atoms with Crippen LogP contribution >= 0.6 is 11.6 Å². The maximum atomic E-state index is 11.0. The van der Waals surface area contributed by atoms with Crippen LogP contribution in [0.3, 0.4) is 0 Å². The molecule has 0 saturated carbocycles. The van der Waals surface area contributed by atoms with Crippen molar-refractivity contribution in [2.75, 3.05) is 6.61 Å². The molecule has 0 aromatic rings. The molecule has 72 valence electrons. The van der Waals surface area contributed by atoms with Gasteiger partial charge in [-0.3, -0.25) is 4.79 Å². The van der Waals surface area contributed by atoms with Gasteiger partial charge >= 0.3 is 5.97 Å². The Hall–Kier alpha value is -0.240. The lowest BCUT2D eigenvalue weighted by Crippen LogP contribution is -2.18. The van der Waals surface area contributed by atoms with E-state index in [1.54, 1.807) is 0 Å². The minimum atomic E-state index is -0.475. The number of hydrogen-bond donors (Lipinski definition) is 0. The zero-order valence-corrected chi connectivity index (χ0v) is 8.73. The molecule has 0 N–H and O–H groups in total. The van der Waals surface area contributed by atoms with Crippen LogP contribution in [0, 0.1) is 5.92 Å². The highest BCUT2D eigenvalue weighted by Crippen LogP contribution is 2.05. The van der Waals surface area contributed by atoms with E-state index in [1.807, 2.05) is 6.92 Å². The molecule has 0 amide bonds. The highest BCUT2D eigenvalue weighted by atomic mass is 35.5. The molecule has 12 heavy (non-hydrogen) atoms. The third-order valence-electron chi connectivity index (χ3n) is 1.55. The Kier molecular flexibility index (Phi) is 6.17. The van der Waals surface area contributed by atoms with Crippen molar-refractivity contribution < 1.29 is 9.53 Å². The number of alkyl halides is 1. The van der Waals surface area contributed by atoms with Gasteiger partial charge in [-0.05, 0) is 18.8 Å². The Balaban J connectivity index is 3.44. The fourth-order valence-electron chi connectivity index (χ4n) is 0.652. The van der Waals surface area contributed by atoms with Crippen LogP contribution in [-0.2, 0) is 9.53 Å². The maximum absolute atomic E-state index is 11.0. The zero-order valence-electron chi connectivity index (χ0n) is 7.97. The number of esters is 1. The first-order chi connectivity index (χ1) is 5.57. The van der Waals surface area contributed by atoms with Crippen LogP contribution in [0.4, 0.5) is 0 Å². The molecule has 0 aliphatic carbocycles. The van der Waals surface area contributed by atoms with E-state index in [0.29, 0.717) is 18.9 Å². The largest absolute Gasteiger partial charge is 0.465 e. The van der Waals surface area contributed by atoms with Crippen molar-refractivity contribution in [3.63, 3.8) is 0 Å². The Morgan fingerprint density at radius 1 is 1.50 bits per heavy atom. The summed E-state index contributed by atoms with van der Waals surface area (Å²) in [7, 11) is 0. The number of ether oxygens (including phenoxy) is 1. The van der Waals surface area contributed by atoms with Gasteiger partial charge in [0.05, 0.1) is 6.61 Å². The standard InChI is InChI=1S/C9H17ClO2/c1-4-8(10)9(11)12-6-5-7(2)3/h7-8H,4-6H2,1-3H3. The molecule has 0 aromatic carbocycles. The summed E-state index contributed by atoms with van der Waals surface area (Å²) in [4.78, 5) is 11.0. The topological polar surface area (TPSA) is 26.3 Å². The summed E-state index contributed by atoms with van der Waals surface area (Å²) < 4.78 is 4.93. The van der Waals surface area contributed by atoms with Gasteiger partial charge in [-0.1, -0.05) is 20.8 Å². The summed E-state index contributed by atoms with van der Waals surface area (Å²) >= 11 is 5.66. The molecular formula is C9H17ClO2. The predicted molar refractivity (Wildman–Crippen MR) is 50.3 cm³/mol. The smallest absolute Gasteiger partial charge is 0.324 e. The first-order valence-electron chi connectivity index (χ1n) is 4.38.